The van der Waals surface area contributed by atoms with Crippen molar-refractivity contribution in [1.29, 1.82) is 0 Å². The summed E-state index contributed by atoms with van der Waals surface area (Å²) in [6.45, 7) is -0.524. The number of primary amides is 1. The predicted octanol–water partition coefficient (Wildman–Crippen LogP) is 3.13. The van der Waals surface area contributed by atoms with Crippen LogP contribution in [0.5, 0.6) is 5.75 Å². The molecule has 9 heteroatoms. The lowest BCUT2D eigenvalue weighted by molar-refractivity contribution is -0.119. The molecular weight excluding hydrogens is 424 g/mol. The van der Waals surface area contributed by atoms with Gasteiger partial charge < -0.3 is 25.5 Å². The number of para-hydroxylation sites is 1. The number of benzene rings is 3. The molecule has 0 unspecified atom stereocenters. The van der Waals surface area contributed by atoms with Gasteiger partial charge in [0.2, 0.25) is 0 Å². The van der Waals surface area contributed by atoms with Gasteiger partial charge in [-0.25, -0.2) is 9.78 Å². The number of carbonyl (C=O) groups is 3. The lowest BCUT2D eigenvalue weighted by atomic mass is 10.1. The number of anilines is 1. The molecule has 1 aromatic heterocycles. The number of ether oxygens (including phenoxy) is 2. The van der Waals surface area contributed by atoms with Crippen LogP contribution in [0.3, 0.4) is 0 Å². The lowest BCUT2D eigenvalue weighted by Gasteiger charge is -2.09. The number of hydrogen-bond acceptors (Lipinski definition) is 6. The van der Waals surface area contributed by atoms with E-state index in [4.69, 9.17) is 15.2 Å². The number of aromatic nitrogens is 2. The van der Waals surface area contributed by atoms with E-state index in [9.17, 15) is 14.4 Å². The molecular formula is C24H20N4O5. The number of H-pyrrole nitrogens is 1. The van der Waals surface area contributed by atoms with Crippen molar-refractivity contribution in [3.8, 4) is 17.1 Å². The molecule has 1 heterocycles. The van der Waals surface area contributed by atoms with Gasteiger partial charge in [-0.1, -0.05) is 12.1 Å². The molecule has 0 atom stereocenters. The second kappa shape index (κ2) is 9.23. The summed E-state index contributed by atoms with van der Waals surface area (Å²) in [4.78, 5) is 43.8. The van der Waals surface area contributed by atoms with Gasteiger partial charge in [-0.2, -0.15) is 0 Å². The van der Waals surface area contributed by atoms with E-state index in [1.54, 1.807) is 37.4 Å². The average Bonchev–Trinajstić information content (AvgIpc) is 3.26. The van der Waals surface area contributed by atoms with Crippen LogP contribution in [0, 0.1) is 0 Å². The van der Waals surface area contributed by atoms with Crippen LogP contribution in [0.15, 0.2) is 66.7 Å². The van der Waals surface area contributed by atoms with E-state index < -0.39 is 24.4 Å². The van der Waals surface area contributed by atoms with Crippen molar-refractivity contribution in [3.05, 3.63) is 77.9 Å². The summed E-state index contributed by atoms with van der Waals surface area (Å²) in [6, 6.07) is 18.6. The van der Waals surface area contributed by atoms with Gasteiger partial charge in [0.1, 0.15) is 11.6 Å². The Hall–Kier alpha value is -4.66. The summed E-state index contributed by atoms with van der Waals surface area (Å²) < 4.78 is 10.3. The zero-order chi connectivity index (χ0) is 23.4. The van der Waals surface area contributed by atoms with E-state index in [1.165, 1.54) is 12.1 Å². The molecule has 3 aromatic carbocycles. The zero-order valence-corrected chi connectivity index (χ0v) is 17.6. The van der Waals surface area contributed by atoms with Crippen LogP contribution in [0.1, 0.15) is 20.7 Å². The van der Waals surface area contributed by atoms with E-state index in [-0.39, 0.29) is 16.8 Å². The Morgan fingerprint density at radius 1 is 1.03 bits per heavy atom. The maximum atomic E-state index is 12.4. The molecule has 0 aliphatic carbocycles. The Balaban J connectivity index is 1.43. The van der Waals surface area contributed by atoms with Crippen LogP contribution in [0.4, 0.5) is 5.69 Å². The van der Waals surface area contributed by atoms with Gasteiger partial charge in [0.15, 0.2) is 6.61 Å². The molecule has 0 fully saturated rings. The third-order valence-electron chi connectivity index (χ3n) is 4.88. The van der Waals surface area contributed by atoms with Crippen LogP contribution in [-0.4, -0.2) is 41.5 Å². The van der Waals surface area contributed by atoms with E-state index >= 15 is 0 Å². The Bertz CT molecular complexity index is 1340. The minimum atomic E-state index is -0.676. The maximum absolute atomic E-state index is 12.4. The van der Waals surface area contributed by atoms with Crippen molar-refractivity contribution < 1.29 is 23.9 Å². The van der Waals surface area contributed by atoms with E-state index in [0.29, 0.717) is 16.9 Å². The first-order valence-corrected chi connectivity index (χ1v) is 9.94. The molecule has 4 aromatic rings. The van der Waals surface area contributed by atoms with Gasteiger partial charge in [-0.3, -0.25) is 9.59 Å². The Kier molecular flexibility index (Phi) is 6.03. The predicted molar refractivity (Wildman–Crippen MR) is 122 cm³/mol. The number of methoxy groups -OCH3 is 1. The average molecular weight is 444 g/mol. The smallest absolute Gasteiger partial charge is 0.338 e. The van der Waals surface area contributed by atoms with E-state index in [1.807, 2.05) is 24.3 Å². The molecule has 33 heavy (non-hydrogen) atoms. The second-order valence-electron chi connectivity index (χ2n) is 7.08. The topological polar surface area (TPSA) is 136 Å². The van der Waals surface area contributed by atoms with Gasteiger partial charge in [0, 0.05) is 5.56 Å². The quantitative estimate of drug-likeness (QED) is 0.375. The van der Waals surface area contributed by atoms with Crippen molar-refractivity contribution in [3.63, 3.8) is 0 Å². The number of amides is 2. The molecule has 0 spiro atoms. The minimum Gasteiger partial charge on any atom is -0.497 e. The first kappa shape index (κ1) is 21.6. The van der Waals surface area contributed by atoms with Gasteiger partial charge >= 0.3 is 5.97 Å². The largest absolute Gasteiger partial charge is 0.497 e. The van der Waals surface area contributed by atoms with Crippen LogP contribution in [0.2, 0.25) is 0 Å². The molecule has 0 radical (unpaired) electrons. The third kappa shape index (κ3) is 4.82. The van der Waals surface area contributed by atoms with Gasteiger partial charge in [0.05, 0.1) is 35.0 Å². The highest BCUT2D eigenvalue weighted by molar-refractivity contribution is 6.04. The van der Waals surface area contributed by atoms with Gasteiger partial charge in [0.25, 0.3) is 11.8 Å². The fourth-order valence-corrected chi connectivity index (χ4v) is 3.23. The summed E-state index contributed by atoms with van der Waals surface area (Å²) in [6.07, 6.45) is 0. The summed E-state index contributed by atoms with van der Waals surface area (Å²) in [7, 11) is 1.60. The van der Waals surface area contributed by atoms with Crippen molar-refractivity contribution >= 4 is 34.5 Å². The molecule has 0 aliphatic rings. The highest BCUT2D eigenvalue weighted by Gasteiger charge is 2.15. The molecule has 4 N–H and O–H groups in total. The van der Waals surface area contributed by atoms with E-state index in [0.717, 1.165) is 11.3 Å². The molecule has 4 rings (SSSR count). The lowest BCUT2D eigenvalue weighted by Crippen LogP contribution is -2.23. The fourth-order valence-electron chi connectivity index (χ4n) is 3.23. The molecule has 0 saturated heterocycles. The fraction of sp³-hybridized carbons (Fsp3) is 0.0833. The van der Waals surface area contributed by atoms with Crippen LogP contribution >= 0.6 is 0 Å². The van der Waals surface area contributed by atoms with Crippen molar-refractivity contribution in [1.82, 2.24) is 9.97 Å². The number of carbonyl (C=O) groups excluding carboxylic acids is 3. The molecule has 9 nitrogen and oxygen atoms in total. The number of esters is 1. The summed E-state index contributed by atoms with van der Waals surface area (Å²) >= 11 is 0. The van der Waals surface area contributed by atoms with Crippen LogP contribution < -0.4 is 15.8 Å². The molecule has 0 bridgehead atoms. The monoisotopic (exact) mass is 444 g/mol. The standard InChI is InChI=1S/C24H20N4O5/c1-32-16-9-6-14(7-10-16)23-27-19-11-8-15(12-20(19)28-23)24(31)33-13-21(29)26-18-5-3-2-4-17(18)22(25)30/h2-12H,13H2,1H3,(H2,25,30)(H,26,29)(H,27,28). The SMILES string of the molecule is COc1ccc(-c2nc3ccc(C(=O)OCC(=O)Nc4ccccc4C(N)=O)cc3[nH]2)cc1. The normalized spacial score (nSPS) is 10.6. The second-order valence-corrected chi connectivity index (χ2v) is 7.08. The van der Waals surface area contributed by atoms with Gasteiger partial charge in [-0.05, 0) is 54.6 Å². The van der Waals surface area contributed by atoms with Crippen LogP contribution in [0.25, 0.3) is 22.4 Å². The van der Waals surface area contributed by atoms with E-state index in [2.05, 4.69) is 15.3 Å². The zero-order valence-electron chi connectivity index (χ0n) is 17.6. The molecule has 0 aliphatic heterocycles. The van der Waals surface area contributed by atoms with Crippen molar-refractivity contribution in [2.75, 3.05) is 19.0 Å². The number of nitrogens with one attached hydrogen (secondary N) is 2. The number of hydrogen-bond donors (Lipinski definition) is 3. The number of rotatable bonds is 7. The third-order valence-corrected chi connectivity index (χ3v) is 4.88. The number of imidazole rings is 1. The summed E-state index contributed by atoms with van der Waals surface area (Å²) in [5.41, 5.74) is 8.16. The Morgan fingerprint density at radius 2 is 1.79 bits per heavy atom. The minimum absolute atomic E-state index is 0.162. The number of aromatic amines is 1. The number of nitrogens with two attached hydrogens (primary N) is 1. The number of fused-ring (bicyclic) bond motifs is 1. The summed E-state index contributed by atoms with van der Waals surface area (Å²) in [5, 5.41) is 2.52. The molecule has 0 saturated carbocycles. The highest BCUT2D eigenvalue weighted by Crippen LogP contribution is 2.23. The highest BCUT2D eigenvalue weighted by atomic mass is 16.5. The van der Waals surface area contributed by atoms with Crippen LogP contribution in [-0.2, 0) is 9.53 Å². The first-order valence-electron chi connectivity index (χ1n) is 9.94. The molecule has 166 valence electrons. The van der Waals surface area contributed by atoms with Crippen molar-refractivity contribution in [2.45, 2.75) is 0 Å². The summed E-state index contributed by atoms with van der Waals surface area (Å²) in [5.74, 6) is -0.560. The number of nitrogens with zero attached hydrogens (tertiary/aromatic N) is 1. The first-order chi connectivity index (χ1) is 15.9. The molecule has 2 amide bonds. The van der Waals surface area contributed by atoms with Crippen molar-refractivity contribution in [2.24, 2.45) is 5.73 Å². The Labute approximate surface area is 188 Å². The maximum Gasteiger partial charge on any atom is 0.338 e. The van der Waals surface area contributed by atoms with Gasteiger partial charge in [-0.15, -0.1) is 0 Å². The Morgan fingerprint density at radius 3 is 2.52 bits per heavy atom.